The van der Waals surface area contributed by atoms with Gasteiger partial charge in [-0.3, -0.25) is 33.6 Å². The van der Waals surface area contributed by atoms with Gasteiger partial charge in [0.25, 0.3) is 0 Å². The molecule has 0 unspecified atom stereocenters. The minimum absolute atomic E-state index is 0.0741. The van der Waals surface area contributed by atoms with Gasteiger partial charge < -0.3 is 47.5 Å². The lowest BCUT2D eigenvalue weighted by molar-refractivity contribution is -0.153. The van der Waals surface area contributed by atoms with E-state index in [2.05, 4.69) is 64.5 Å². The number of primary amides is 1. The highest BCUT2D eigenvalue weighted by molar-refractivity contribution is 7.99. The zero-order valence-electron chi connectivity index (χ0n) is 36.0. The fourth-order valence-electron chi connectivity index (χ4n) is 5.01. The van der Waals surface area contributed by atoms with Crippen LogP contribution in [0.15, 0.2) is 60.8 Å². The maximum atomic E-state index is 14.2. The molecule has 0 aliphatic carbocycles. The second-order valence-corrected chi connectivity index (χ2v) is 16.8. The molecule has 0 radical (unpaired) electrons. The van der Waals surface area contributed by atoms with Gasteiger partial charge in [0.15, 0.2) is 0 Å². The number of aliphatic carboxylic acids is 2. The number of hydrogen-bond donors (Lipinski definition) is 8. The molecule has 0 fully saturated rings. The number of hydrogen-bond acceptors (Lipinski definition) is 9. The highest BCUT2D eigenvalue weighted by atomic mass is 32.2. The molecule has 342 valence electrons. The summed E-state index contributed by atoms with van der Waals surface area (Å²) in [6.45, 7) is 10.8. The highest BCUT2D eigenvalue weighted by Crippen LogP contribution is 2.30. The van der Waals surface area contributed by atoms with Crippen molar-refractivity contribution in [1.29, 1.82) is 0 Å². The molecule has 0 saturated carbocycles. The van der Waals surface area contributed by atoms with Crippen LogP contribution in [0.4, 0.5) is 8.78 Å². The third kappa shape index (κ3) is 23.3. The Morgan fingerprint density at radius 3 is 1.97 bits per heavy atom. The summed E-state index contributed by atoms with van der Waals surface area (Å²) < 4.78 is 29.9. The molecule has 0 saturated heterocycles. The van der Waals surface area contributed by atoms with Crippen molar-refractivity contribution in [3.8, 4) is 11.1 Å². The molecule has 19 heteroatoms. The fourth-order valence-corrected chi connectivity index (χ4v) is 5.78. The number of amides is 5. The molecule has 3 aromatic rings. The number of carboxylic acid groups (broad SMARTS) is 2. The minimum atomic E-state index is -1.63. The second-order valence-electron chi connectivity index (χ2n) is 15.7. The summed E-state index contributed by atoms with van der Waals surface area (Å²) in [5.74, 6) is -4.47. The van der Waals surface area contributed by atoms with E-state index in [9.17, 15) is 42.3 Å². The number of nitrogens with zero attached hydrogens (tertiary/aromatic N) is 1. The van der Waals surface area contributed by atoms with Crippen molar-refractivity contribution < 1.29 is 52.6 Å². The molecule has 62 heavy (non-hydrogen) atoms. The molecule has 2 aromatic carbocycles. The van der Waals surface area contributed by atoms with Gasteiger partial charge in [0.1, 0.15) is 17.0 Å². The van der Waals surface area contributed by atoms with Crippen molar-refractivity contribution in [2.45, 2.75) is 73.3 Å². The van der Waals surface area contributed by atoms with Crippen LogP contribution in [0, 0.1) is 22.5 Å². The lowest BCUT2D eigenvalue weighted by Gasteiger charge is -2.19. The third-order valence-electron chi connectivity index (χ3n) is 8.41. The van der Waals surface area contributed by atoms with Gasteiger partial charge >= 0.3 is 11.9 Å². The Hall–Kier alpha value is -5.82. The molecule has 3 rings (SSSR count). The van der Waals surface area contributed by atoms with Crippen molar-refractivity contribution in [2.24, 2.45) is 22.3 Å². The van der Waals surface area contributed by atoms with Gasteiger partial charge in [-0.05, 0) is 68.5 Å². The number of nitrogens with two attached hydrogens (primary N) is 2. The smallest absolute Gasteiger partial charge is 0.318 e. The van der Waals surface area contributed by atoms with Crippen molar-refractivity contribution >= 4 is 53.2 Å². The van der Waals surface area contributed by atoms with E-state index in [1.165, 1.54) is 43.3 Å². The Bertz CT molecular complexity index is 1920. The molecule has 1 heterocycles. The number of carbonyl (C=O) groups excluding carboxylic acids is 5. The first kappa shape index (κ1) is 54.2. The first-order chi connectivity index (χ1) is 29.0. The molecule has 0 bridgehead atoms. The van der Waals surface area contributed by atoms with Crippen LogP contribution in [0.2, 0.25) is 0 Å². The number of rotatable bonds is 22. The quantitative estimate of drug-likeness (QED) is 0.0535. The first-order valence-electron chi connectivity index (χ1n) is 19.8. The molecule has 0 aliphatic rings. The maximum absolute atomic E-state index is 14.2. The normalized spacial score (nSPS) is 10.8. The number of halogens is 2. The largest absolute Gasteiger partial charge is 0.481 e. The first-order valence-corrected chi connectivity index (χ1v) is 21.0. The highest BCUT2D eigenvalue weighted by Gasteiger charge is 2.36. The van der Waals surface area contributed by atoms with Gasteiger partial charge in [-0.15, -0.1) is 0 Å². The summed E-state index contributed by atoms with van der Waals surface area (Å²) in [6.07, 6.45) is 3.50. The summed E-state index contributed by atoms with van der Waals surface area (Å²) in [5.41, 5.74) is 11.8. The Morgan fingerprint density at radius 1 is 0.774 bits per heavy atom. The summed E-state index contributed by atoms with van der Waals surface area (Å²) in [6, 6.07) is 15.7. The summed E-state index contributed by atoms with van der Waals surface area (Å²) in [5, 5.41) is 27.0. The second kappa shape index (κ2) is 27.9. The van der Waals surface area contributed by atoms with Crippen molar-refractivity contribution in [1.82, 2.24) is 25.8 Å². The predicted octanol–water partition coefficient (Wildman–Crippen LogP) is 3.44. The van der Waals surface area contributed by atoms with E-state index in [0.717, 1.165) is 24.6 Å². The number of carbonyl (C=O) groups is 7. The van der Waals surface area contributed by atoms with E-state index in [-0.39, 0.29) is 61.9 Å². The number of aromatic nitrogens is 1. The van der Waals surface area contributed by atoms with Crippen LogP contribution in [0.5, 0.6) is 0 Å². The van der Waals surface area contributed by atoms with E-state index in [1.54, 1.807) is 0 Å². The van der Waals surface area contributed by atoms with Gasteiger partial charge in [0.2, 0.25) is 29.5 Å². The Labute approximate surface area is 365 Å². The lowest BCUT2D eigenvalue weighted by atomic mass is 9.90. The van der Waals surface area contributed by atoms with Crippen molar-refractivity contribution in [3.63, 3.8) is 0 Å². The van der Waals surface area contributed by atoms with Crippen LogP contribution >= 0.6 is 11.8 Å². The maximum Gasteiger partial charge on any atom is 0.318 e. The van der Waals surface area contributed by atoms with E-state index < -0.39 is 46.7 Å². The molecule has 0 aliphatic heterocycles. The standard InChI is InChI=1S/C22H23F2N.C17H31N5O6S.C4H7NO3/c1-22(2,3)13-19-11-17(20-12-18(23)9-10-21(20)24)15-25(19)14-16-7-5-4-6-8-16;1-17(2,16(27)28)15(26)22-10-13(24)21-8-7-20-12(23)4-9-29-11-14(25)19-6-3-5-18;5-3(6)1-2-4(7)8/h4-12,15H,13-14H2,1-3H3;3-11,18H2,1-2H3,(H,19,25)(H,20,23)(H,21,24)(H,22,26)(H,27,28);1-2H2,(H2,5,6)(H,7,8). The zero-order valence-corrected chi connectivity index (χ0v) is 36.8. The minimum Gasteiger partial charge on any atom is -0.481 e. The number of thioether (sulfide) groups is 1. The summed E-state index contributed by atoms with van der Waals surface area (Å²) in [7, 11) is 0. The van der Waals surface area contributed by atoms with E-state index in [1.807, 2.05) is 30.5 Å². The molecule has 16 nitrogen and oxygen atoms in total. The Kier molecular flexibility index (Phi) is 24.4. The Morgan fingerprint density at radius 2 is 1.40 bits per heavy atom. The van der Waals surface area contributed by atoms with Gasteiger partial charge in [0, 0.05) is 67.8 Å². The summed E-state index contributed by atoms with van der Waals surface area (Å²) in [4.78, 5) is 76.9. The summed E-state index contributed by atoms with van der Waals surface area (Å²) >= 11 is 1.35. The molecule has 0 atom stereocenters. The van der Waals surface area contributed by atoms with E-state index in [4.69, 9.17) is 15.9 Å². The third-order valence-corrected chi connectivity index (χ3v) is 9.37. The van der Waals surface area contributed by atoms with E-state index in [0.29, 0.717) is 36.5 Å². The van der Waals surface area contributed by atoms with Crippen LogP contribution in [0.25, 0.3) is 11.1 Å². The zero-order chi connectivity index (χ0) is 46.9. The molecule has 0 spiro atoms. The van der Waals surface area contributed by atoms with Gasteiger partial charge in [-0.2, -0.15) is 11.8 Å². The molecular weight excluding hydrogens is 829 g/mol. The fraction of sp³-hybridized carbons (Fsp3) is 0.465. The van der Waals surface area contributed by atoms with Gasteiger partial charge in [0.05, 0.1) is 18.7 Å². The monoisotopic (exact) mass is 889 g/mol. The molecule has 1 aromatic heterocycles. The average molecular weight is 890 g/mol. The predicted molar refractivity (Wildman–Crippen MR) is 234 cm³/mol. The van der Waals surface area contributed by atoms with Crippen LogP contribution in [0.1, 0.15) is 71.6 Å². The van der Waals surface area contributed by atoms with Crippen LogP contribution in [-0.4, -0.2) is 100 Å². The topological polar surface area (TPSA) is 265 Å². The van der Waals surface area contributed by atoms with Crippen LogP contribution in [0.3, 0.4) is 0 Å². The molecule has 5 amide bonds. The van der Waals surface area contributed by atoms with Gasteiger partial charge in [-0.25, -0.2) is 8.78 Å². The average Bonchev–Trinajstić information content (AvgIpc) is 3.58. The lowest BCUT2D eigenvalue weighted by Crippen LogP contribution is -2.46. The van der Waals surface area contributed by atoms with Gasteiger partial charge in [-0.1, -0.05) is 51.1 Å². The van der Waals surface area contributed by atoms with Crippen LogP contribution < -0.4 is 32.7 Å². The van der Waals surface area contributed by atoms with Crippen LogP contribution in [-0.2, 0) is 46.5 Å². The van der Waals surface area contributed by atoms with Crippen molar-refractivity contribution in [3.05, 3.63) is 83.7 Å². The Balaban J connectivity index is 0.000000529. The van der Waals surface area contributed by atoms with E-state index >= 15 is 0 Å². The molecule has 10 N–H and O–H groups in total. The SMILES string of the molecule is CC(C)(C(=O)O)C(=O)NCC(=O)NCCNC(=O)CCSCC(=O)NCCCN.CC(C)(C)Cc1cc(-c2cc(F)ccc2F)cn1Cc1ccccc1.NC(=O)CCC(=O)O. The van der Waals surface area contributed by atoms with Crippen molar-refractivity contribution in [2.75, 3.05) is 44.2 Å². The number of carboxylic acids is 2. The number of benzene rings is 2. The number of nitrogens with one attached hydrogen (secondary N) is 4. The molecular formula is C43H61F2N7O9S.